The lowest BCUT2D eigenvalue weighted by Gasteiger charge is -2.36. The maximum absolute atomic E-state index is 13.6. The minimum atomic E-state index is -0.887. The van der Waals surface area contributed by atoms with Gasteiger partial charge in [0.15, 0.2) is 0 Å². The molecule has 2 heterocycles. The van der Waals surface area contributed by atoms with Crippen molar-refractivity contribution in [3.05, 3.63) is 78.1 Å². The van der Waals surface area contributed by atoms with Crippen molar-refractivity contribution in [2.24, 2.45) is 5.41 Å². The van der Waals surface area contributed by atoms with E-state index < -0.39 is 35.4 Å². The highest BCUT2D eigenvalue weighted by Gasteiger charge is 2.37. The first-order valence-corrected chi connectivity index (χ1v) is 13.6. The third kappa shape index (κ3) is 8.68. The van der Waals surface area contributed by atoms with E-state index in [4.69, 9.17) is 0 Å². The van der Waals surface area contributed by atoms with Crippen LogP contribution >= 0.6 is 0 Å². The van der Waals surface area contributed by atoms with Gasteiger partial charge in [0.1, 0.15) is 17.9 Å². The highest BCUT2D eigenvalue weighted by molar-refractivity contribution is 5.94. The van der Waals surface area contributed by atoms with Gasteiger partial charge in [-0.2, -0.15) is 0 Å². The second-order valence-corrected chi connectivity index (χ2v) is 11.1. The molecular weight excluding hydrogens is 527 g/mol. The Balaban J connectivity index is 1.74. The molecule has 1 aliphatic heterocycles. The summed E-state index contributed by atoms with van der Waals surface area (Å²) in [6, 6.07) is 7.52. The number of rotatable bonds is 11. The Morgan fingerprint density at radius 2 is 1.80 bits per heavy atom. The summed E-state index contributed by atoms with van der Waals surface area (Å²) in [6.45, 7) is 7.07. The Morgan fingerprint density at radius 1 is 1.07 bits per heavy atom. The zero-order chi connectivity index (χ0) is 30.2. The number of carbonyl (C=O) groups excluding carboxylic acids is 4. The normalized spacial score (nSPS) is 16.7. The number of likely N-dealkylation sites (N-methyl/N-ethyl adjacent to an activating group) is 1. The molecule has 1 aliphatic rings. The van der Waals surface area contributed by atoms with Gasteiger partial charge in [-0.1, -0.05) is 39.0 Å². The van der Waals surface area contributed by atoms with E-state index in [1.54, 1.807) is 44.6 Å². The van der Waals surface area contributed by atoms with Crippen molar-refractivity contribution < 1.29 is 23.6 Å². The van der Waals surface area contributed by atoms with E-state index in [2.05, 4.69) is 20.9 Å². The van der Waals surface area contributed by atoms with E-state index >= 15 is 0 Å². The topological polar surface area (TPSA) is 124 Å². The number of nitrogens with one attached hydrogen (secondary N) is 3. The zero-order valence-corrected chi connectivity index (χ0v) is 24.2. The number of hydrogen-bond acceptors (Lipinski definition) is 6. The van der Waals surface area contributed by atoms with Crippen LogP contribution in [0.1, 0.15) is 38.8 Å². The van der Waals surface area contributed by atoms with Crippen molar-refractivity contribution in [1.29, 1.82) is 0 Å². The van der Waals surface area contributed by atoms with E-state index in [1.807, 2.05) is 26.8 Å². The number of benzene rings is 1. The molecule has 0 radical (unpaired) electrons. The smallest absolute Gasteiger partial charge is 0.250 e. The van der Waals surface area contributed by atoms with Gasteiger partial charge in [0.2, 0.25) is 23.6 Å². The SMILES string of the molecule is CNC(C)C(=O)N[C@H](C(=O)NCC(=O)N1C=CN(CCc2cccc(F)c2)C(=O)[C@@H]1Cc1cccnc1)C(C)(C)C. The summed E-state index contributed by atoms with van der Waals surface area (Å²) in [4.78, 5) is 59.5. The first-order valence-electron chi connectivity index (χ1n) is 13.6. The van der Waals surface area contributed by atoms with Gasteiger partial charge < -0.3 is 25.8 Å². The van der Waals surface area contributed by atoms with Gasteiger partial charge in [-0.25, -0.2) is 4.39 Å². The van der Waals surface area contributed by atoms with Crippen molar-refractivity contribution in [3.8, 4) is 0 Å². The Labute approximate surface area is 240 Å². The molecule has 41 heavy (non-hydrogen) atoms. The van der Waals surface area contributed by atoms with Crippen LogP contribution < -0.4 is 16.0 Å². The summed E-state index contributed by atoms with van der Waals surface area (Å²) in [5.74, 6) is -1.97. The van der Waals surface area contributed by atoms with E-state index in [-0.39, 0.29) is 30.6 Å². The second kappa shape index (κ2) is 14.0. The fraction of sp³-hybridized carbons (Fsp3) is 0.433. The van der Waals surface area contributed by atoms with Gasteiger partial charge in [-0.05, 0) is 55.1 Å². The fourth-order valence-electron chi connectivity index (χ4n) is 4.38. The Bertz CT molecular complexity index is 1260. The van der Waals surface area contributed by atoms with Crippen LogP contribution in [0.25, 0.3) is 0 Å². The van der Waals surface area contributed by atoms with Crippen LogP contribution in [0.2, 0.25) is 0 Å². The quantitative estimate of drug-likeness (QED) is 0.381. The number of nitrogens with zero attached hydrogens (tertiary/aromatic N) is 3. The highest BCUT2D eigenvalue weighted by Crippen LogP contribution is 2.21. The summed E-state index contributed by atoms with van der Waals surface area (Å²) in [5, 5.41) is 8.23. The molecule has 0 aliphatic carbocycles. The Hall–Kier alpha value is -4.12. The third-order valence-corrected chi connectivity index (χ3v) is 6.94. The molecule has 2 aromatic rings. The van der Waals surface area contributed by atoms with E-state index in [0.717, 1.165) is 11.1 Å². The summed E-state index contributed by atoms with van der Waals surface area (Å²) in [5.41, 5.74) is 0.894. The lowest BCUT2D eigenvalue weighted by molar-refractivity contribution is -0.143. The molecule has 0 saturated heterocycles. The summed E-state index contributed by atoms with van der Waals surface area (Å²) in [6.07, 6.45) is 6.96. The fourth-order valence-corrected chi connectivity index (χ4v) is 4.38. The molecule has 1 aromatic carbocycles. The standard InChI is InChI=1S/C30H39FN6O4/c1-20(32-5)27(39)35-26(30(2,3)4)28(40)34-19-25(38)37-15-14-36(13-11-21-8-6-10-23(31)16-21)29(41)24(37)17-22-9-7-12-33-18-22/h6-10,12,14-16,18,20,24,26,32H,11,13,17,19H2,1-5H3,(H,34,40)(H,35,39)/t20?,24-,26+/m0/s1. The van der Waals surface area contributed by atoms with Crippen molar-refractivity contribution in [2.45, 2.75) is 58.7 Å². The molecule has 1 unspecified atom stereocenters. The molecule has 10 nitrogen and oxygen atoms in total. The molecule has 1 aromatic heterocycles. The van der Waals surface area contributed by atoms with Crippen LogP contribution in [0, 0.1) is 11.2 Å². The van der Waals surface area contributed by atoms with Gasteiger partial charge in [-0.3, -0.25) is 24.2 Å². The van der Waals surface area contributed by atoms with Crippen LogP contribution in [-0.2, 0) is 32.0 Å². The number of carbonyl (C=O) groups is 4. The lowest BCUT2D eigenvalue weighted by Crippen LogP contribution is -2.58. The molecule has 4 amide bonds. The Morgan fingerprint density at radius 3 is 2.44 bits per heavy atom. The molecule has 11 heteroatoms. The first-order chi connectivity index (χ1) is 19.4. The Kier molecular flexibility index (Phi) is 10.7. The van der Waals surface area contributed by atoms with Gasteiger partial charge in [-0.15, -0.1) is 0 Å². The molecule has 0 fully saturated rings. The van der Waals surface area contributed by atoms with Crippen molar-refractivity contribution in [1.82, 2.24) is 30.7 Å². The monoisotopic (exact) mass is 566 g/mol. The van der Waals surface area contributed by atoms with Crippen LogP contribution in [0.3, 0.4) is 0 Å². The lowest BCUT2D eigenvalue weighted by atomic mass is 9.86. The molecule has 3 atom stereocenters. The number of pyridine rings is 1. The number of halogens is 1. The van der Waals surface area contributed by atoms with Crippen LogP contribution in [0.5, 0.6) is 0 Å². The van der Waals surface area contributed by atoms with Crippen molar-refractivity contribution >= 4 is 23.6 Å². The molecule has 3 N–H and O–H groups in total. The van der Waals surface area contributed by atoms with E-state index in [1.165, 1.54) is 34.3 Å². The minimum absolute atomic E-state index is 0.218. The molecule has 3 rings (SSSR count). The molecule has 0 spiro atoms. The summed E-state index contributed by atoms with van der Waals surface area (Å²) < 4.78 is 13.6. The highest BCUT2D eigenvalue weighted by atomic mass is 19.1. The number of aromatic nitrogens is 1. The number of amides is 4. The number of hydrogen-bond donors (Lipinski definition) is 3. The van der Waals surface area contributed by atoms with Crippen molar-refractivity contribution in [2.75, 3.05) is 20.1 Å². The summed E-state index contributed by atoms with van der Waals surface area (Å²) in [7, 11) is 1.65. The van der Waals surface area contributed by atoms with Gasteiger partial charge in [0.25, 0.3) is 0 Å². The van der Waals surface area contributed by atoms with E-state index in [0.29, 0.717) is 13.0 Å². The molecule has 0 saturated carbocycles. The van der Waals surface area contributed by atoms with Gasteiger partial charge >= 0.3 is 0 Å². The third-order valence-electron chi connectivity index (χ3n) is 6.94. The summed E-state index contributed by atoms with van der Waals surface area (Å²) >= 11 is 0. The maximum Gasteiger partial charge on any atom is 0.250 e. The van der Waals surface area contributed by atoms with Crippen LogP contribution in [0.4, 0.5) is 4.39 Å². The molecular formula is C30H39FN6O4. The predicted molar refractivity (Wildman–Crippen MR) is 152 cm³/mol. The van der Waals surface area contributed by atoms with Crippen LogP contribution in [0.15, 0.2) is 61.2 Å². The first kappa shape index (κ1) is 31.4. The van der Waals surface area contributed by atoms with Crippen molar-refractivity contribution in [3.63, 3.8) is 0 Å². The maximum atomic E-state index is 13.6. The largest absolute Gasteiger partial charge is 0.345 e. The average molecular weight is 567 g/mol. The molecule has 0 bridgehead atoms. The van der Waals surface area contributed by atoms with Crippen LogP contribution in [-0.4, -0.2) is 76.7 Å². The zero-order valence-electron chi connectivity index (χ0n) is 24.2. The molecule has 220 valence electrons. The predicted octanol–water partition coefficient (Wildman–Crippen LogP) is 1.77. The van der Waals surface area contributed by atoms with Gasteiger partial charge in [0.05, 0.1) is 12.6 Å². The average Bonchev–Trinajstić information content (AvgIpc) is 2.94. The van der Waals surface area contributed by atoms with Gasteiger partial charge in [0, 0.05) is 37.8 Å². The minimum Gasteiger partial charge on any atom is -0.345 e. The van der Waals surface area contributed by atoms with E-state index in [9.17, 15) is 23.6 Å². The second-order valence-electron chi connectivity index (χ2n) is 11.1.